The van der Waals surface area contributed by atoms with Crippen LogP contribution in [-0.2, 0) is 11.3 Å². The number of ether oxygens (including phenoxy) is 1. The Morgan fingerprint density at radius 3 is 2.53 bits per heavy atom. The molecule has 0 spiro atoms. The average molecular weight is 280 g/mol. The largest absolute Gasteiger partial charge is 0.457 e. The third-order valence-electron chi connectivity index (χ3n) is 2.53. The van der Waals surface area contributed by atoms with E-state index in [-0.39, 0.29) is 28.7 Å². The smallest absolute Gasteiger partial charge is 0.342 e. The summed E-state index contributed by atoms with van der Waals surface area (Å²) in [6.45, 7) is 0.0315. The fraction of sp³-hybridized carbons (Fsp3) is 0.0714. The molecule has 19 heavy (non-hydrogen) atoms. The standard InChI is InChI=1S/C14H11ClFNO2/c15-11-2-1-3-12(17)13(11)14(18)19-8-9-4-6-10(16)7-5-9/h1-7H,8,17H2. The molecule has 3 nitrogen and oxygen atoms in total. The topological polar surface area (TPSA) is 52.3 Å². The van der Waals surface area contributed by atoms with Gasteiger partial charge in [0.25, 0.3) is 0 Å². The van der Waals surface area contributed by atoms with Gasteiger partial charge in [-0.3, -0.25) is 0 Å². The predicted molar refractivity (Wildman–Crippen MR) is 71.4 cm³/mol. The Morgan fingerprint density at radius 2 is 1.89 bits per heavy atom. The molecule has 5 heteroatoms. The van der Waals surface area contributed by atoms with E-state index >= 15 is 0 Å². The second kappa shape index (κ2) is 5.71. The Balaban J connectivity index is 2.07. The zero-order chi connectivity index (χ0) is 13.8. The summed E-state index contributed by atoms with van der Waals surface area (Å²) in [4.78, 5) is 11.9. The van der Waals surface area contributed by atoms with Gasteiger partial charge in [-0.15, -0.1) is 0 Å². The van der Waals surface area contributed by atoms with Gasteiger partial charge < -0.3 is 10.5 Å². The van der Waals surface area contributed by atoms with Crippen LogP contribution < -0.4 is 5.73 Å². The van der Waals surface area contributed by atoms with Crippen molar-refractivity contribution < 1.29 is 13.9 Å². The van der Waals surface area contributed by atoms with Gasteiger partial charge in [0.15, 0.2) is 0 Å². The Bertz CT molecular complexity index is 579. The molecule has 0 amide bonds. The number of halogens is 2. The molecule has 0 bridgehead atoms. The summed E-state index contributed by atoms with van der Waals surface area (Å²) in [5.74, 6) is -0.946. The number of rotatable bonds is 3. The summed E-state index contributed by atoms with van der Waals surface area (Å²) in [6, 6.07) is 10.5. The van der Waals surface area contributed by atoms with Crippen LogP contribution in [0.15, 0.2) is 42.5 Å². The molecule has 0 radical (unpaired) electrons. The lowest BCUT2D eigenvalue weighted by Crippen LogP contribution is -2.09. The lowest BCUT2D eigenvalue weighted by Gasteiger charge is -2.08. The summed E-state index contributed by atoms with van der Waals surface area (Å²) >= 11 is 5.90. The van der Waals surface area contributed by atoms with Crippen LogP contribution in [0.4, 0.5) is 10.1 Å². The number of esters is 1. The number of hydrogen-bond donors (Lipinski definition) is 1. The number of carbonyl (C=O) groups excluding carboxylic acids is 1. The number of anilines is 1. The molecule has 0 aliphatic rings. The summed E-state index contributed by atoms with van der Waals surface area (Å²) < 4.78 is 17.8. The molecule has 0 unspecified atom stereocenters. The predicted octanol–water partition coefficient (Wildman–Crippen LogP) is 3.42. The monoisotopic (exact) mass is 279 g/mol. The number of nitrogen functional groups attached to an aromatic ring is 1. The molecule has 2 N–H and O–H groups in total. The van der Waals surface area contributed by atoms with Crippen molar-refractivity contribution in [3.8, 4) is 0 Å². The van der Waals surface area contributed by atoms with Crippen LogP contribution in [0.25, 0.3) is 0 Å². The van der Waals surface area contributed by atoms with Crippen molar-refractivity contribution in [3.63, 3.8) is 0 Å². The fourth-order valence-electron chi connectivity index (χ4n) is 1.56. The normalized spacial score (nSPS) is 10.2. The van der Waals surface area contributed by atoms with Crippen molar-refractivity contribution in [2.45, 2.75) is 6.61 Å². The van der Waals surface area contributed by atoms with Crippen molar-refractivity contribution >= 4 is 23.3 Å². The van der Waals surface area contributed by atoms with Crippen LogP contribution >= 0.6 is 11.6 Å². The summed E-state index contributed by atoms with van der Waals surface area (Å²) in [5, 5.41) is 0.240. The SMILES string of the molecule is Nc1cccc(Cl)c1C(=O)OCc1ccc(F)cc1. The first-order chi connectivity index (χ1) is 9.08. The van der Waals surface area contributed by atoms with E-state index in [1.807, 2.05) is 0 Å². The van der Waals surface area contributed by atoms with E-state index in [4.69, 9.17) is 22.1 Å². The summed E-state index contributed by atoms with van der Waals surface area (Å²) in [6.07, 6.45) is 0. The minimum absolute atomic E-state index is 0.0315. The first-order valence-corrected chi connectivity index (χ1v) is 5.91. The maximum Gasteiger partial charge on any atom is 0.342 e. The van der Waals surface area contributed by atoms with Crippen LogP contribution in [0, 0.1) is 5.82 Å². The summed E-state index contributed by atoms with van der Waals surface area (Å²) in [7, 11) is 0. The number of carbonyl (C=O) groups is 1. The van der Waals surface area contributed by atoms with Gasteiger partial charge in [-0.25, -0.2) is 9.18 Å². The number of hydrogen-bond acceptors (Lipinski definition) is 3. The van der Waals surface area contributed by atoms with E-state index < -0.39 is 5.97 Å². The molecular formula is C14H11ClFNO2. The average Bonchev–Trinajstić information content (AvgIpc) is 2.38. The molecule has 0 heterocycles. The molecule has 2 rings (SSSR count). The molecule has 0 aliphatic carbocycles. The van der Waals surface area contributed by atoms with Gasteiger partial charge in [0.1, 0.15) is 18.0 Å². The van der Waals surface area contributed by atoms with Gasteiger partial charge >= 0.3 is 5.97 Å². The molecular weight excluding hydrogens is 269 g/mol. The Hall–Kier alpha value is -2.07. The maximum absolute atomic E-state index is 12.7. The quantitative estimate of drug-likeness (QED) is 0.692. The van der Waals surface area contributed by atoms with E-state index in [1.54, 1.807) is 30.3 Å². The lowest BCUT2D eigenvalue weighted by molar-refractivity contribution is 0.0474. The zero-order valence-corrected chi connectivity index (χ0v) is 10.7. The van der Waals surface area contributed by atoms with Crippen LogP contribution in [0.5, 0.6) is 0 Å². The van der Waals surface area contributed by atoms with E-state index in [0.717, 1.165) is 0 Å². The van der Waals surface area contributed by atoms with Crippen molar-refractivity contribution in [1.29, 1.82) is 0 Å². The minimum atomic E-state index is -0.604. The zero-order valence-electron chi connectivity index (χ0n) is 9.90. The molecule has 2 aromatic carbocycles. The highest BCUT2D eigenvalue weighted by Gasteiger charge is 2.15. The van der Waals surface area contributed by atoms with Crippen molar-refractivity contribution in [2.24, 2.45) is 0 Å². The number of benzene rings is 2. The van der Waals surface area contributed by atoms with Crippen LogP contribution in [0.2, 0.25) is 5.02 Å². The van der Waals surface area contributed by atoms with E-state index in [0.29, 0.717) is 5.56 Å². The van der Waals surface area contributed by atoms with Gasteiger partial charge in [0.05, 0.1) is 5.02 Å². The number of nitrogens with two attached hydrogens (primary N) is 1. The Kier molecular flexibility index (Phi) is 4.02. The first kappa shape index (κ1) is 13.4. The Morgan fingerprint density at radius 1 is 1.21 bits per heavy atom. The molecule has 0 aromatic heterocycles. The van der Waals surface area contributed by atoms with Crippen molar-refractivity contribution in [2.75, 3.05) is 5.73 Å². The molecule has 0 fully saturated rings. The second-order valence-corrected chi connectivity index (χ2v) is 4.31. The summed E-state index contributed by atoms with van der Waals surface area (Å²) in [5.41, 5.74) is 6.76. The second-order valence-electron chi connectivity index (χ2n) is 3.91. The Labute approximate surface area is 114 Å². The highest BCUT2D eigenvalue weighted by Crippen LogP contribution is 2.23. The molecule has 0 saturated heterocycles. The molecule has 0 saturated carbocycles. The van der Waals surface area contributed by atoms with E-state index in [1.165, 1.54) is 12.1 Å². The van der Waals surface area contributed by atoms with Gasteiger partial charge in [-0.05, 0) is 29.8 Å². The van der Waals surface area contributed by atoms with E-state index in [9.17, 15) is 9.18 Å². The molecule has 98 valence electrons. The molecule has 2 aromatic rings. The van der Waals surface area contributed by atoms with Crippen molar-refractivity contribution in [3.05, 3.63) is 64.4 Å². The van der Waals surface area contributed by atoms with Gasteiger partial charge in [0, 0.05) is 5.69 Å². The molecule has 0 aliphatic heterocycles. The third kappa shape index (κ3) is 3.23. The molecule has 0 atom stereocenters. The van der Waals surface area contributed by atoms with Crippen LogP contribution in [0.3, 0.4) is 0 Å². The highest BCUT2D eigenvalue weighted by molar-refractivity contribution is 6.34. The van der Waals surface area contributed by atoms with Crippen molar-refractivity contribution in [1.82, 2.24) is 0 Å². The highest BCUT2D eigenvalue weighted by atomic mass is 35.5. The minimum Gasteiger partial charge on any atom is -0.457 e. The van der Waals surface area contributed by atoms with Crippen LogP contribution in [0.1, 0.15) is 15.9 Å². The third-order valence-corrected chi connectivity index (χ3v) is 2.85. The fourth-order valence-corrected chi connectivity index (χ4v) is 1.82. The van der Waals surface area contributed by atoms with E-state index in [2.05, 4.69) is 0 Å². The lowest BCUT2D eigenvalue weighted by atomic mass is 10.2. The first-order valence-electron chi connectivity index (χ1n) is 5.53. The van der Waals surface area contributed by atoms with Crippen LogP contribution in [-0.4, -0.2) is 5.97 Å². The van der Waals surface area contributed by atoms with Gasteiger partial charge in [-0.1, -0.05) is 29.8 Å². The van der Waals surface area contributed by atoms with Gasteiger partial charge in [0.2, 0.25) is 0 Å². The maximum atomic E-state index is 12.7. The van der Waals surface area contributed by atoms with Gasteiger partial charge in [-0.2, -0.15) is 0 Å².